The fourth-order valence-electron chi connectivity index (χ4n) is 2.22. The first-order valence-corrected chi connectivity index (χ1v) is 7.44. The number of fused-ring (bicyclic) bond motifs is 1. The number of hydrogen-bond acceptors (Lipinski definition) is 8. The van der Waals surface area contributed by atoms with E-state index in [-0.39, 0.29) is 41.4 Å². The zero-order valence-corrected chi connectivity index (χ0v) is 13.9. The van der Waals surface area contributed by atoms with Crippen molar-refractivity contribution in [2.24, 2.45) is 0 Å². The van der Waals surface area contributed by atoms with E-state index in [4.69, 9.17) is 14.2 Å². The molecule has 9 heteroatoms. The molecule has 0 spiro atoms. The van der Waals surface area contributed by atoms with Gasteiger partial charge in [0, 0.05) is 17.5 Å². The van der Waals surface area contributed by atoms with Gasteiger partial charge in [-0.25, -0.2) is 14.6 Å². The van der Waals surface area contributed by atoms with Crippen LogP contribution in [-0.2, 0) is 9.47 Å². The number of carbonyl (C=O) groups is 2. The minimum Gasteiger partial charge on any atom is -0.490 e. The number of nitro benzene ring substituents is 1. The first-order chi connectivity index (χ1) is 11.9. The van der Waals surface area contributed by atoms with Crippen LogP contribution in [0.5, 0.6) is 5.75 Å². The Kier molecular flexibility index (Phi) is 5.48. The third kappa shape index (κ3) is 3.65. The molecule has 2 aromatic rings. The lowest BCUT2D eigenvalue weighted by Gasteiger charge is -2.10. The molecule has 0 fully saturated rings. The predicted molar refractivity (Wildman–Crippen MR) is 86.9 cm³/mol. The second kappa shape index (κ2) is 7.56. The SMILES string of the molecule is CCOC(=O)c1cc2cc([N+](=O)[O-])c(OC)cc2nc1C(=O)OCC. The van der Waals surface area contributed by atoms with E-state index in [2.05, 4.69) is 4.98 Å². The fraction of sp³-hybridized carbons (Fsp3) is 0.312. The van der Waals surface area contributed by atoms with E-state index < -0.39 is 16.9 Å². The second-order valence-electron chi connectivity index (χ2n) is 4.80. The first-order valence-electron chi connectivity index (χ1n) is 7.44. The lowest BCUT2D eigenvalue weighted by molar-refractivity contribution is -0.385. The standard InChI is InChI=1S/C16H16N2O7/c1-4-24-15(19)10-6-9-7-12(18(21)22)13(23-3)8-11(9)17-14(10)16(20)25-5-2/h6-8H,4-5H2,1-3H3. The third-order valence-corrected chi connectivity index (χ3v) is 3.28. The van der Waals surface area contributed by atoms with Crippen molar-refractivity contribution < 1.29 is 28.7 Å². The molecule has 2 rings (SSSR count). The van der Waals surface area contributed by atoms with Crippen molar-refractivity contribution >= 4 is 28.5 Å². The van der Waals surface area contributed by atoms with Crippen molar-refractivity contribution in [3.8, 4) is 5.75 Å². The number of aromatic nitrogens is 1. The van der Waals surface area contributed by atoms with Crippen molar-refractivity contribution in [3.63, 3.8) is 0 Å². The molecule has 0 bridgehead atoms. The molecule has 0 atom stereocenters. The van der Waals surface area contributed by atoms with Gasteiger partial charge in [-0.3, -0.25) is 10.1 Å². The van der Waals surface area contributed by atoms with Gasteiger partial charge in [0.15, 0.2) is 11.4 Å². The molecule has 0 aliphatic heterocycles. The van der Waals surface area contributed by atoms with Crippen molar-refractivity contribution in [3.05, 3.63) is 39.6 Å². The maximum absolute atomic E-state index is 12.1. The number of carbonyl (C=O) groups excluding carboxylic acids is 2. The number of benzene rings is 1. The van der Waals surface area contributed by atoms with Crippen LogP contribution in [0, 0.1) is 10.1 Å². The van der Waals surface area contributed by atoms with E-state index in [0.717, 1.165) is 0 Å². The Balaban J connectivity index is 2.74. The maximum Gasteiger partial charge on any atom is 0.357 e. The highest BCUT2D eigenvalue weighted by Crippen LogP contribution is 2.32. The lowest BCUT2D eigenvalue weighted by Crippen LogP contribution is -2.16. The first kappa shape index (κ1) is 18.1. The summed E-state index contributed by atoms with van der Waals surface area (Å²) >= 11 is 0. The highest BCUT2D eigenvalue weighted by molar-refractivity contribution is 6.05. The molecule has 0 saturated carbocycles. The molecule has 9 nitrogen and oxygen atoms in total. The van der Waals surface area contributed by atoms with Gasteiger partial charge in [0.05, 0.1) is 36.3 Å². The Morgan fingerprint density at radius 2 is 1.76 bits per heavy atom. The minimum atomic E-state index is -0.787. The Bertz CT molecular complexity index is 848. The van der Waals surface area contributed by atoms with Crippen LogP contribution in [0.2, 0.25) is 0 Å². The van der Waals surface area contributed by atoms with E-state index in [9.17, 15) is 19.7 Å². The lowest BCUT2D eigenvalue weighted by atomic mass is 10.1. The highest BCUT2D eigenvalue weighted by Gasteiger charge is 2.24. The van der Waals surface area contributed by atoms with Crippen LogP contribution in [0.15, 0.2) is 18.2 Å². The third-order valence-electron chi connectivity index (χ3n) is 3.28. The summed E-state index contributed by atoms with van der Waals surface area (Å²) in [7, 11) is 1.29. The van der Waals surface area contributed by atoms with Gasteiger partial charge in [0.2, 0.25) is 0 Å². The van der Waals surface area contributed by atoms with E-state index in [1.165, 1.54) is 25.3 Å². The predicted octanol–water partition coefficient (Wildman–Crippen LogP) is 2.51. The van der Waals surface area contributed by atoms with Gasteiger partial charge >= 0.3 is 17.6 Å². The average Bonchev–Trinajstić information content (AvgIpc) is 2.59. The van der Waals surface area contributed by atoms with Gasteiger partial charge in [0.25, 0.3) is 0 Å². The van der Waals surface area contributed by atoms with E-state index in [1.54, 1.807) is 13.8 Å². The Labute approximate surface area is 142 Å². The topological polar surface area (TPSA) is 118 Å². The Morgan fingerprint density at radius 3 is 2.32 bits per heavy atom. The largest absolute Gasteiger partial charge is 0.490 e. The number of rotatable bonds is 6. The van der Waals surface area contributed by atoms with Crippen LogP contribution in [0.4, 0.5) is 5.69 Å². The van der Waals surface area contributed by atoms with Gasteiger partial charge in [0.1, 0.15) is 0 Å². The van der Waals surface area contributed by atoms with Crippen molar-refractivity contribution in [1.29, 1.82) is 0 Å². The second-order valence-corrected chi connectivity index (χ2v) is 4.80. The summed E-state index contributed by atoms with van der Waals surface area (Å²) in [5.41, 5.74) is -0.370. The molecule has 0 saturated heterocycles. The Morgan fingerprint density at radius 1 is 1.12 bits per heavy atom. The smallest absolute Gasteiger partial charge is 0.357 e. The quantitative estimate of drug-likeness (QED) is 0.444. The van der Waals surface area contributed by atoms with Gasteiger partial charge < -0.3 is 14.2 Å². The van der Waals surface area contributed by atoms with Crippen LogP contribution in [0.1, 0.15) is 34.7 Å². The molecule has 0 aliphatic carbocycles. The number of nitro groups is 1. The molecular formula is C16H16N2O7. The maximum atomic E-state index is 12.1. The summed E-state index contributed by atoms with van der Waals surface area (Å²) in [4.78, 5) is 38.9. The molecule has 0 radical (unpaired) electrons. The number of hydrogen-bond donors (Lipinski definition) is 0. The van der Waals surface area contributed by atoms with Gasteiger partial charge in [-0.2, -0.15) is 0 Å². The normalized spacial score (nSPS) is 10.4. The summed E-state index contributed by atoms with van der Waals surface area (Å²) in [6, 6.07) is 3.86. The van der Waals surface area contributed by atoms with E-state index >= 15 is 0 Å². The van der Waals surface area contributed by atoms with Crippen LogP contribution in [-0.4, -0.2) is 42.2 Å². The molecule has 1 heterocycles. The zero-order chi connectivity index (χ0) is 18.6. The monoisotopic (exact) mass is 348 g/mol. The van der Waals surface area contributed by atoms with Gasteiger partial charge in [-0.15, -0.1) is 0 Å². The van der Waals surface area contributed by atoms with Crippen molar-refractivity contribution in [1.82, 2.24) is 4.98 Å². The number of esters is 2. The van der Waals surface area contributed by atoms with Crippen LogP contribution < -0.4 is 4.74 Å². The molecular weight excluding hydrogens is 332 g/mol. The molecule has 0 N–H and O–H groups in total. The van der Waals surface area contributed by atoms with Crippen LogP contribution >= 0.6 is 0 Å². The van der Waals surface area contributed by atoms with Gasteiger partial charge in [-0.05, 0) is 19.9 Å². The van der Waals surface area contributed by atoms with E-state index in [0.29, 0.717) is 5.39 Å². The fourth-order valence-corrected chi connectivity index (χ4v) is 2.22. The summed E-state index contributed by atoms with van der Waals surface area (Å²) in [5, 5.41) is 11.4. The van der Waals surface area contributed by atoms with Crippen LogP contribution in [0.3, 0.4) is 0 Å². The summed E-state index contributed by atoms with van der Waals surface area (Å²) in [5.74, 6) is -1.56. The molecule has 1 aromatic carbocycles. The molecule has 0 unspecified atom stereocenters. The van der Waals surface area contributed by atoms with Crippen molar-refractivity contribution in [2.45, 2.75) is 13.8 Å². The van der Waals surface area contributed by atoms with Gasteiger partial charge in [-0.1, -0.05) is 0 Å². The molecule has 0 aliphatic rings. The highest BCUT2D eigenvalue weighted by atomic mass is 16.6. The molecule has 0 amide bonds. The summed E-state index contributed by atoms with van der Waals surface area (Å²) < 4.78 is 14.8. The molecule has 25 heavy (non-hydrogen) atoms. The Hall–Kier alpha value is -3.23. The van der Waals surface area contributed by atoms with E-state index in [1.807, 2.05) is 0 Å². The minimum absolute atomic E-state index is 0.0105. The number of nitrogens with zero attached hydrogens (tertiary/aromatic N) is 2. The summed E-state index contributed by atoms with van der Waals surface area (Å²) in [6.45, 7) is 3.44. The molecule has 1 aromatic heterocycles. The molecule has 132 valence electrons. The summed E-state index contributed by atoms with van der Waals surface area (Å²) in [6.07, 6.45) is 0. The number of methoxy groups -OCH3 is 1. The number of pyridine rings is 1. The number of ether oxygens (including phenoxy) is 3. The average molecular weight is 348 g/mol. The van der Waals surface area contributed by atoms with Crippen LogP contribution in [0.25, 0.3) is 10.9 Å². The van der Waals surface area contributed by atoms with Crippen molar-refractivity contribution in [2.75, 3.05) is 20.3 Å². The zero-order valence-electron chi connectivity index (χ0n) is 13.9.